The van der Waals surface area contributed by atoms with Crippen LogP contribution in [0.1, 0.15) is 31.2 Å². The molecule has 1 heterocycles. The summed E-state index contributed by atoms with van der Waals surface area (Å²) < 4.78 is 10.9. The minimum Gasteiger partial charge on any atom is -0.497 e. The molecule has 2 amide bonds. The molecular weight excluding hydrogens is 332 g/mol. The summed E-state index contributed by atoms with van der Waals surface area (Å²) in [7, 11) is 1.63. The molecule has 0 spiro atoms. The van der Waals surface area contributed by atoms with E-state index in [1.54, 1.807) is 25.7 Å². The molecule has 1 saturated carbocycles. The van der Waals surface area contributed by atoms with E-state index < -0.39 is 0 Å². The second-order valence-electron chi connectivity index (χ2n) is 6.31. The Kier molecular flexibility index (Phi) is 6.24. The van der Waals surface area contributed by atoms with Gasteiger partial charge in [0.25, 0.3) is 0 Å². The molecule has 0 saturated heterocycles. The number of benzene rings is 1. The number of carbonyl (C=O) groups is 1. The van der Waals surface area contributed by atoms with Gasteiger partial charge in [0.1, 0.15) is 11.9 Å². The molecule has 7 heteroatoms. The number of methoxy groups -OCH3 is 1. The summed E-state index contributed by atoms with van der Waals surface area (Å²) in [4.78, 5) is 20.2. The molecule has 1 aliphatic carbocycles. The number of ether oxygens (including phenoxy) is 2. The molecule has 138 valence electrons. The van der Waals surface area contributed by atoms with E-state index >= 15 is 0 Å². The molecule has 1 aromatic carbocycles. The first kappa shape index (κ1) is 18.0. The van der Waals surface area contributed by atoms with Gasteiger partial charge in [0.15, 0.2) is 0 Å². The van der Waals surface area contributed by atoms with Crippen LogP contribution < -0.4 is 20.1 Å². The van der Waals surface area contributed by atoms with Gasteiger partial charge in [-0.2, -0.15) is 0 Å². The lowest BCUT2D eigenvalue weighted by Crippen LogP contribution is -2.44. The van der Waals surface area contributed by atoms with Crippen LogP contribution in [0, 0.1) is 0 Å². The Morgan fingerprint density at radius 1 is 1.15 bits per heavy atom. The highest BCUT2D eigenvalue weighted by Crippen LogP contribution is 2.22. The van der Waals surface area contributed by atoms with Gasteiger partial charge in [-0.25, -0.2) is 9.78 Å². The molecule has 7 nitrogen and oxygen atoms in total. The van der Waals surface area contributed by atoms with Crippen molar-refractivity contribution in [3.05, 3.63) is 48.4 Å². The molecule has 1 fully saturated rings. The lowest BCUT2D eigenvalue weighted by Gasteiger charge is -2.29. The summed E-state index contributed by atoms with van der Waals surface area (Å²) in [5.41, 5.74) is 1.03. The number of urea groups is 1. The average Bonchev–Trinajstić information content (AvgIpc) is 2.69. The van der Waals surface area contributed by atoms with Gasteiger partial charge < -0.3 is 20.1 Å². The third-order valence-electron chi connectivity index (χ3n) is 4.45. The number of amides is 2. The smallest absolute Gasteiger partial charge is 0.315 e. The quantitative estimate of drug-likeness (QED) is 0.831. The SMILES string of the molecule is COc1ccc(CNC(=O)NC2CCC(Oc3cnccn3)CC2)cc1. The zero-order valence-electron chi connectivity index (χ0n) is 14.9. The van der Waals surface area contributed by atoms with Crippen molar-refractivity contribution in [1.82, 2.24) is 20.6 Å². The highest BCUT2D eigenvalue weighted by Gasteiger charge is 2.23. The Labute approximate surface area is 153 Å². The lowest BCUT2D eigenvalue weighted by molar-refractivity contribution is 0.134. The minimum absolute atomic E-state index is 0.132. The van der Waals surface area contributed by atoms with Gasteiger partial charge >= 0.3 is 6.03 Å². The second-order valence-corrected chi connectivity index (χ2v) is 6.31. The number of nitrogens with zero attached hydrogens (tertiary/aromatic N) is 2. The second kappa shape index (κ2) is 9.03. The maximum absolute atomic E-state index is 12.1. The van der Waals surface area contributed by atoms with Crippen LogP contribution in [0.4, 0.5) is 4.79 Å². The number of hydrogen-bond donors (Lipinski definition) is 2. The first-order valence-corrected chi connectivity index (χ1v) is 8.83. The summed E-state index contributed by atoms with van der Waals surface area (Å²) in [5, 5.41) is 5.93. The summed E-state index contributed by atoms with van der Waals surface area (Å²) in [6, 6.07) is 7.68. The van der Waals surface area contributed by atoms with Crippen LogP contribution in [0.3, 0.4) is 0 Å². The van der Waals surface area contributed by atoms with E-state index in [0.29, 0.717) is 12.4 Å². The first-order chi connectivity index (χ1) is 12.7. The molecule has 3 rings (SSSR count). The number of rotatable bonds is 6. The third-order valence-corrected chi connectivity index (χ3v) is 4.45. The summed E-state index contributed by atoms with van der Waals surface area (Å²) >= 11 is 0. The Morgan fingerprint density at radius 2 is 1.92 bits per heavy atom. The molecule has 0 atom stereocenters. The predicted molar refractivity (Wildman–Crippen MR) is 97.1 cm³/mol. The van der Waals surface area contributed by atoms with Crippen LogP contribution in [0.5, 0.6) is 11.6 Å². The van der Waals surface area contributed by atoms with E-state index in [1.807, 2.05) is 24.3 Å². The van der Waals surface area contributed by atoms with Crippen molar-refractivity contribution in [2.75, 3.05) is 7.11 Å². The van der Waals surface area contributed by atoms with Crippen molar-refractivity contribution in [2.45, 2.75) is 44.4 Å². The number of aromatic nitrogens is 2. The maximum atomic E-state index is 12.1. The Hall–Kier alpha value is -2.83. The van der Waals surface area contributed by atoms with Crippen molar-refractivity contribution in [3.63, 3.8) is 0 Å². The number of carbonyl (C=O) groups excluding carboxylic acids is 1. The molecule has 2 N–H and O–H groups in total. The van der Waals surface area contributed by atoms with Gasteiger partial charge in [-0.3, -0.25) is 4.98 Å². The largest absolute Gasteiger partial charge is 0.497 e. The van der Waals surface area contributed by atoms with Crippen molar-refractivity contribution in [3.8, 4) is 11.6 Å². The van der Waals surface area contributed by atoms with E-state index in [0.717, 1.165) is 37.0 Å². The van der Waals surface area contributed by atoms with E-state index in [2.05, 4.69) is 20.6 Å². The molecule has 26 heavy (non-hydrogen) atoms. The van der Waals surface area contributed by atoms with Crippen LogP contribution in [0.15, 0.2) is 42.9 Å². The van der Waals surface area contributed by atoms with E-state index in [1.165, 1.54) is 0 Å². The minimum atomic E-state index is -0.140. The molecule has 0 aliphatic heterocycles. The predicted octanol–water partition coefficient (Wildman–Crippen LogP) is 2.67. The van der Waals surface area contributed by atoms with Crippen LogP contribution in [0.2, 0.25) is 0 Å². The first-order valence-electron chi connectivity index (χ1n) is 8.83. The average molecular weight is 356 g/mol. The molecule has 0 radical (unpaired) electrons. The van der Waals surface area contributed by atoms with Gasteiger partial charge in [-0.05, 0) is 43.4 Å². The Morgan fingerprint density at radius 3 is 2.58 bits per heavy atom. The molecule has 0 bridgehead atoms. The standard InChI is InChI=1S/C19H24N4O3/c1-25-16-6-2-14(3-7-16)12-22-19(24)23-15-4-8-17(9-5-15)26-18-13-20-10-11-21-18/h2-3,6-7,10-11,13,15,17H,4-5,8-9,12H2,1H3,(H2,22,23,24). The van der Waals surface area contributed by atoms with Crippen LogP contribution in [-0.2, 0) is 6.54 Å². The zero-order valence-corrected chi connectivity index (χ0v) is 14.9. The lowest BCUT2D eigenvalue weighted by atomic mass is 9.93. The number of hydrogen-bond acceptors (Lipinski definition) is 5. The maximum Gasteiger partial charge on any atom is 0.315 e. The highest BCUT2D eigenvalue weighted by atomic mass is 16.5. The van der Waals surface area contributed by atoms with E-state index in [-0.39, 0.29) is 18.2 Å². The van der Waals surface area contributed by atoms with Crippen LogP contribution >= 0.6 is 0 Å². The van der Waals surface area contributed by atoms with Crippen molar-refractivity contribution >= 4 is 6.03 Å². The summed E-state index contributed by atoms with van der Waals surface area (Å²) in [6.07, 6.45) is 8.55. The van der Waals surface area contributed by atoms with Gasteiger partial charge in [0.05, 0.1) is 13.3 Å². The summed E-state index contributed by atoms with van der Waals surface area (Å²) in [6.45, 7) is 0.487. The highest BCUT2D eigenvalue weighted by molar-refractivity contribution is 5.74. The van der Waals surface area contributed by atoms with Crippen molar-refractivity contribution < 1.29 is 14.3 Å². The molecular formula is C19H24N4O3. The van der Waals surface area contributed by atoms with Crippen LogP contribution in [0.25, 0.3) is 0 Å². The van der Waals surface area contributed by atoms with Gasteiger partial charge in [0, 0.05) is 25.0 Å². The normalized spacial score (nSPS) is 19.4. The van der Waals surface area contributed by atoms with Gasteiger partial charge in [0.2, 0.25) is 5.88 Å². The fourth-order valence-electron chi connectivity index (χ4n) is 3.00. The summed E-state index contributed by atoms with van der Waals surface area (Å²) in [5.74, 6) is 1.36. The van der Waals surface area contributed by atoms with Crippen molar-refractivity contribution in [2.24, 2.45) is 0 Å². The fourth-order valence-corrected chi connectivity index (χ4v) is 3.00. The van der Waals surface area contributed by atoms with E-state index in [4.69, 9.17) is 9.47 Å². The Bertz CT molecular complexity index is 686. The van der Waals surface area contributed by atoms with Gasteiger partial charge in [-0.1, -0.05) is 12.1 Å². The Balaban J connectivity index is 1.36. The topological polar surface area (TPSA) is 85.4 Å². The van der Waals surface area contributed by atoms with E-state index in [9.17, 15) is 4.79 Å². The van der Waals surface area contributed by atoms with Crippen molar-refractivity contribution in [1.29, 1.82) is 0 Å². The monoisotopic (exact) mass is 356 g/mol. The molecule has 0 unspecified atom stereocenters. The molecule has 1 aliphatic rings. The third kappa shape index (κ3) is 5.34. The molecule has 2 aromatic rings. The van der Waals surface area contributed by atoms with Gasteiger partial charge in [-0.15, -0.1) is 0 Å². The fraction of sp³-hybridized carbons (Fsp3) is 0.421. The van der Waals surface area contributed by atoms with Crippen LogP contribution in [-0.4, -0.2) is 35.3 Å². The zero-order chi connectivity index (χ0) is 18.2. The number of nitrogens with one attached hydrogen (secondary N) is 2. The molecule has 1 aromatic heterocycles.